The van der Waals surface area contributed by atoms with Gasteiger partial charge < -0.3 is 20.1 Å². The summed E-state index contributed by atoms with van der Waals surface area (Å²) < 4.78 is 30.3. The van der Waals surface area contributed by atoms with Gasteiger partial charge >= 0.3 is 19.8 Å². The van der Waals surface area contributed by atoms with Gasteiger partial charge in [-0.25, -0.2) is 14.2 Å². The molecule has 1 atom stereocenters. The van der Waals surface area contributed by atoms with E-state index in [1.54, 1.807) is 0 Å². The van der Waals surface area contributed by atoms with E-state index in [0.717, 1.165) is 0 Å². The molecule has 0 heterocycles. The molecule has 0 spiro atoms. The van der Waals surface area contributed by atoms with Crippen molar-refractivity contribution < 1.29 is 37.6 Å². The lowest BCUT2D eigenvalue weighted by Crippen LogP contribution is -2.12. The van der Waals surface area contributed by atoms with Crippen LogP contribution in [0.5, 0.6) is 5.75 Å². The average molecular weight is 373 g/mol. The van der Waals surface area contributed by atoms with Crippen LogP contribution in [0.1, 0.15) is 17.3 Å². The summed E-state index contributed by atoms with van der Waals surface area (Å²) >= 11 is 0. The zero-order chi connectivity index (χ0) is 18.9. The topological polar surface area (TPSA) is 134 Å². The molecule has 0 aliphatic heterocycles. The number of ether oxygens (including phenoxy) is 2. The molecule has 0 saturated carbocycles. The Kier molecular flexibility index (Phi) is 8.47. The molecule has 0 aromatic heterocycles. The van der Waals surface area contributed by atoms with Crippen molar-refractivity contribution in [2.45, 2.75) is 6.92 Å². The van der Waals surface area contributed by atoms with Gasteiger partial charge in [-0.05, 0) is 31.2 Å². The number of hydrogen-bond acceptors (Lipinski definition) is 8. The SMILES string of the molecule is C=C(C)C(=O)Oc1ccc(C(=O)OCCOP(=O)(O)OCCN)cc1. The highest BCUT2D eigenvalue weighted by Crippen LogP contribution is 2.42. The van der Waals surface area contributed by atoms with Crippen molar-refractivity contribution in [1.82, 2.24) is 0 Å². The first-order chi connectivity index (χ1) is 11.7. The number of nitrogens with two attached hydrogens (primary N) is 1. The van der Waals surface area contributed by atoms with Gasteiger partial charge in [-0.1, -0.05) is 6.58 Å². The molecule has 138 valence electrons. The van der Waals surface area contributed by atoms with E-state index in [1.165, 1.54) is 31.2 Å². The normalized spacial score (nSPS) is 12.9. The van der Waals surface area contributed by atoms with Gasteiger partial charge in [0.1, 0.15) is 12.4 Å². The third-order valence-corrected chi connectivity index (χ3v) is 3.61. The number of rotatable bonds is 10. The quantitative estimate of drug-likeness (QED) is 0.205. The molecule has 1 rings (SSSR count). The van der Waals surface area contributed by atoms with Crippen LogP contribution in [0.25, 0.3) is 0 Å². The van der Waals surface area contributed by atoms with Gasteiger partial charge in [-0.2, -0.15) is 0 Å². The fraction of sp³-hybridized carbons (Fsp3) is 0.333. The maximum atomic E-state index is 11.8. The van der Waals surface area contributed by atoms with Gasteiger partial charge in [0.05, 0.1) is 18.8 Å². The van der Waals surface area contributed by atoms with Crippen LogP contribution in [0.4, 0.5) is 0 Å². The fourth-order valence-corrected chi connectivity index (χ4v) is 2.14. The minimum atomic E-state index is -4.20. The lowest BCUT2D eigenvalue weighted by molar-refractivity contribution is -0.130. The average Bonchev–Trinajstić information content (AvgIpc) is 2.57. The second-order valence-electron chi connectivity index (χ2n) is 4.75. The first kappa shape index (κ1) is 21.0. The van der Waals surface area contributed by atoms with Crippen molar-refractivity contribution in [3.8, 4) is 5.75 Å². The number of phosphoric ester groups is 1. The van der Waals surface area contributed by atoms with Crippen molar-refractivity contribution in [3.63, 3.8) is 0 Å². The van der Waals surface area contributed by atoms with E-state index in [1.807, 2.05) is 0 Å². The van der Waals surface area contributed by atoms with Crippen LogP contribution in [-0.2, 0) is 23.1 Å². The summed E-state index contributed by atoms with van der Waals surface area (Å²) in [5.74, 6) is -0.985. The lowest BCUT2D eigenvalue weighted by atomic mass is 10.2. The van der Waals surface area contributed by atoms with E-state index in [0.29, 0.717) is 0 Å². The number of carbonyl (C=O) groups is 2. The van der Waals surface area contributed by atoms with E-state index < -0.39 is 19.8 Å². The van der Waals surface area contributed by atoms with Crippen LogP contribution in [0.15, 0.2) is 36.4 Å². The molecule has 0 saturated heterocycles. The van der Waals surface area contributed by atoms with Crippen LogP contribution in [0.3, 0.4) is 0 Å². The maximum absolute atomic E-state index is 11.8. The lowest BCUT2D eigenvalue weighted by Gasteiger charge is -2.11. The van der Waals surface area contributed by atoms with Gasteiger partial charge in [0.25, 0.3) is 0 Å². The zero-order valence-corrected chi connectivity index (χ0v) is 14.6. The Morgan fingerprint density at radius 1 is 1.16 bits per heavy atom. The Labute approximate surface area is 144 Å². The van der Waals surface area contributed by atoms with Gasteiger partial charge in [0.2, 0.25) is 0 Å². The second kappa shape index (κ2) is 10.1. The van der Waals surface area contributed by atoms with Gasteiger partial charge in [-0.15, -0.1) is 0 Å². The Balaban J connectivity index is 2.41. The van der Waals surface area contributed by atoms with Crippen LogP contribution < -0.4 is 10.5 Å². The zero-order valence-electron chi connectivity index (χ0n) is 13.7. The molecule has 25 heavy (non-hydrogen) atoms. The molecule has 0 amide bonds. The standard InChI is InChI=1S/C15H20NO8P/c1-11(2)14(17)24-13-5-3-12(4-6-13)15(18)21-9-10-23-25(19,20)22-8-7-16/h3-6H,1,7-10,16H2,2H3,(H,19,20). The predicted molar refractivity (Wildman–Crippen MR) is 88.0 cm³/mol. The Hall–Kier alpha value is -2.03. The summed E-state index contributed by atoms with van der Waals surface area (Å²) in [7, 11) is -4.20. The first-order valence-electron chi connectivity index (χ1n) is 7.22. The Morgan fingerprint density at radius 3 is 2.32 bits per heavy atom. The molecule has 0 aliphatic rings. The van der Waals surface area contributed by atoms with Crippen LogP contribution in [0.2, 0.25) is 0 Å². The number of carbonyl (C=O) groups excluding carboxylic acids is 2. The van der Waals surface area contributed by atoms with Crippen molar-refractivity contribution >= 4 is 19.8 Å². The largest absolute Gasteiger partial charge is 0.472 e. The molecule has 1 unspecified atom stereocenters. The third-order valence-electron chi connectivity index (χ3n) is 2.59. The Bertz CT molecular complexity index is 658. The minimum Gasteiger partial charge on any atom is -0.460 e. The van der Waals surface area contributed by atoms with Crippen LogP contribution in [-0.4, -0.2) is 43.2 Å². The molecule has 10 heteroatoms. The molecule has 0 fully saturated rings. The van der Waals surface area contributed by atoms with Crippen LogP contribution >= 0.6 is 7.82 Å². The molecule has 9 nitrogen and oxygen atoms in total. The van der Waals surface area contributed by atoms with Crippen molar-refractivity contribution in [2.75, 3.05) is 26.4 Å². The van der Waals surface area contributed by atoms with Crippen molar-refractivity contribution in [2.24, 2.45) is 5.73 Å². The highest BCUT2D eigenvalue weighted by molar-refractivity contribution is 7.47. The highest BCUT2D eigenvalue weighted by atomic mass is 31.2. The summed E-state index contributed by atoms with van der Waals surface area (Å²) in [5.41, 5.74) is 5.59. The van der Waals surface area contributed by atoms with Crippen LogP contribution in [0, 0.1) is 0 Å². The van der Waals surface area contributed by atoms with Crippen molar-refractivity contribution in [3.05, 3.63) is 42.0 Å². The predicted octanol–water partition coefficient (Wildman–Crippen LogP) is 1.42. The summed E-state index contributed by atoms with van der Waals surface area (Å²) in [4.78, 5) is 32.4. The molecular weight excluding hydrogens is 353 g/mol. The van der Waals surface area contributed by atoms with E-state index in [4.69, 9.17) is 15.2 Å². The monoisotopic (exact) mass is 373 g/mol. The van der Waals surface area contributed by atoms with Gasteiger partial charge in [0.15, 0.2) is 0 Å². The number of esters is 2. The van der Waals surface area contributed by atoms with Gasteiger partial charge in [0, 0.05) is 12.1 Å². The first-order valence-corrected chi connectivity index (χ1v) is 8.71. The molecule has 0 bridgehead atoms. The number of phosphoric acid groups is 1. The summed E-state index contributed by atoms with van der Waals surface area (Å²) in [6.07, 6.45) is 0. The number of hydrogen-bond donors (Lipinski definition) is 2. The maximum Gasteiger partial charge on any atom is 0.472 e. The van der Waals surface area contributed by atoms with Crippen molar-refractivity contribution in [1.29, 1.82) is 0 Å². The van der Waals surface area contributed by atoms with E-state index in [2.05, 4.69) is 15.6 Å². The number of benzene rings is 1. The molecule has 3 N–H and O–H groups in total. The van der Waals surface area contributed by atoms with E-state index in [-0.39, 0.29) is 43.3 Å². The molecule has 1 aromatic rings. The molecule has 1 aromatic carbocycles. The Morgan fingerprint density at radius 2 is 1.76 bits per heavy atom. The smallest absolute Gasteiger partial charge is 0.460 e. The highest BCUT2D eigenvalue weighted by Gasteiger charge is 2.20. The molecule has 0 radical (unpaired) electrons. The van der Waals surface area contributed by atoms with Gasteiger partial charge in [-0.3, -0.25) is 9.05 Å². The van der Waals surface area contributed by atoms with E-state index >= 15 is 0 Å². The summed E-state index contributed by atoms with van der Waals surface area (Å²) in [6.45, 7) is 4.35. The molecule has 0 aliphatic carbocycles. The second-order valence-corrected chi connectivity index (χ2v) is 6.21. The fourth-order valence-electron chi connectivity index (χ4n) is 1.43. The summed E-state index contributed by atoms with van der Waals surface area (Å²) in [5, 5.41) is 0. The molecular formula is C15H20NO8P. The van der Waals surface area contributed by atoms with E-state index in [9.17, 15) is 19.0 Å². The third kappa shape index (κ3) is 8.06. The summed E-state index contributed by atoms with van der Waals surface area (Å²) in [6, 6.07) is 5.67. The minimum absolute atomic E-state index is 0.0700.